The maximum Gasteiger partial charge on any atom is 0.235 e. The smallest absolute Gasteiger partial charge is 0.235 e. The van der Waals surface area contributed by atoms with Crippen molar-refractivity contribution in [2.45, 2.75) is 50.2 Å². The van der Waals surface area contributed by atoms with Crippen LogP contribution in [0.1, 0.15) is 71.6 Å². The number of rotatable bonds is 7. The molecule has 10 heteroatoms. The molecule has 2 N–H and O–H groups in total. The van der Waals surface area contributed by atoms with Crippen molar-refractivity contribution in [3.63, 3.8) is 0 Å². The van der Waals surface area contributed by atoms with Gasteiger partial charge in [-0.05, 0) is 89.9 Å². The summed E-state index contributed by atoms with van der Waals surface area (Å²) < 4.78 is 8.33. The molecule has 0 saturated carbocycles. The molecule has 10 nitrogen and oxygen atoms in total. The number of hydrogen-bond acceptors (Lipinski definition) is 8. The number of nitrogens with one attached hydrogen (secondary N) is 1. The van der Waals surface area contributed by atoms with Crippen LogP contribution in [0.15, 0.2) is 91.0 Å². The minimum atomic E-state index is -0.389. The molecule has 0 spiro atoms. The van der Waals surface area contributed by atoms with Crippen LogP contribution >= 0.6 is 0 Å². The number of fused-ring (bicyclic) bond motifs is 2. The molecule has 5 aromatic rings. The van der Waals surface area contributed by atoms with Gasteiger partial charge in [-0.3, -0.25) is 24.5 Å². The first kappa shape index (κ1) is 34.6. The first-order valence-corrected chi connectivity index (χ1v) is 19.5. The molecule has 9 rings (SSSR count). The van der Waals surface area contributed by atoms with E-state index < -0.39 is 0 Å². The van der Waals surface area contributed by atoms with Crippen LogP contribution in [-0.2, 0) is 28.0 Å². The molecule has 1 aromatic heterocycles. The molecule has 4 aromatic carbocycles. The second-order valence-electron chi connectivity index (χ2n) is 15.5. The van der Waals surface area contributed by atoms with Gasteiger partial charge < -0.3 is 19.6 Å². The molecule has 3 atom stereocenters. The number of aromatic nitrogens is 2. The highest BCUT2D eigenvalue weighted by Gasteiger charge is 2.34. The third-order valence-corrected chi connectivity index (χ3v) is 12.2. The predicted molar refractivity (Wildman–Crippen MR) is 210 cm³/mol. The standard InChI is InChI=1S/C44H48N6O4/c1-47-39-26-34(11-13-37(39)42(46-47)38-15-16-40(52)45-44(38)53)50-23-21-48(22-24-50)27-29-17-19-49(20-18-29)33-9-7-30(8-10-33)41-36-14-12-35(51)25-32(36)28-54-43(41)31-5-3-2-4-6-31/h2-14,25-26,29,38,41,43,51H,15-24,27-28H2,1H3,(H,45,52,53)/t38?,41-,43-/m1/s1. The fraction of sp³-hybridized carbons (Fsp3) is 0.386. The second-order valence-corrected chi connectivity index (χ2v) is 15.5. The van der Waals surface area contributed by atoms with Crippen LogP contribution in [0.3, 0.4) is 0 Å². The molecular formula is C44H48N6O4. The number of amides is 2. The summed E-state index contributed by atoms with van der Waals surface area (Å²) in [6.45, 7) is 7.83. The van der Waals surface area contributed by atoms with Crippen molar-refractivity contribution in [2.75, 3.05) is 55.6 Å². The Bertz CT molecular complexity index is 2150. The lowest BCUT2D eigenvalue weighted by molar-refractivity contribution is -0.134. The molecule has 3 saturated heterocycles. The number of nitrogens with zero attached hydrogens (tertiary/aromatic N) is 5. The topological polar surface area (TPSA) is 103 Å². The lowest BCUT2D eigenvalue weighted by Gasteiger charge is -2.40. The predicted octanol–water partition coefficient (Wildman–Crippen LogP) is 6.24. The quantitative estimate of drug-likeness (QED) is 0.190. The highest BCUT2D eigenvalue weighted by atomic mass is 16.5. The van der Waals surface area contributed by atoms with Crippen LogP contribution in [0.4, 0.5) is 11.4 Å². The lowest BCUT2D eigenvalue weighted by Crippen LogP contribution is -2.49. The average Bonchev–Trinajstić information content (AvgIpc) is 3.53. The van der Waals surface area contributed by atoms with Gasteiger partial charge in [0.25, 0.3) is 0 Å². The maximum atomic E-state index is 12.6. The van der Waals surface area contributed by atoms with Crippen LogP contribution in [0.25, 0.3) is 10.9 Å². The molecule has 54 heavy (non-hydrogen) atoms. The van der Waals surface area contributed by atoms with E-state index in [0.717, 1.165) is 68.0 Å². The fourth-order valence-electron chi connectivity index (χ4n) is 9.25. The number of aryl methyl sites for hydroxylation is 1. The Labute approximate surface area is 316 Å². The summed E-state index contributed by atoms with van der Waals surface area (Å²) in [6.07, 6.45) is 3.15. The van der Waals surface area contributed by atoms with Gasteiger partial charge in [0, 0.05) is 82.0 Å². The number of carbonyl (C=O) groups is 2. The molecule has 0 aliphatic carbocycles. The molecule has 5 heterocycles. The highest BCUT2D eigenvalue weighted by molar-refractivity contribution is 6.02. The number of piperidine rings is 2. The van der Waals surface area contributed by atoms with Crippen LogP contribution in [0, 0.1) is 5.92 Å². The van der Waals surface area contributed by atoms with Crippen LogP contribution in [0.5, 0.6) is 5.75 Å². The van der Waals surface area contributed by atoms with E-state index in [1.807, 2.05) is 23.9 Å². The Morgan fingerprint density at radius 3 is 2.30 bits per heavy atom. The number of anilines is 2. The Hall–Kier alpha value is -5.19. The van der Waals surface area contributed by atoms with Crippen LogP contribution in [-0.4, -0.2) is 77.4 Å². The number of phenolic OH excluding ortho intramolecular Hbond substituents is 1. The van der Waals surface area contributed by atoms with Gasteiger partial charge in [-0.25, -0.2) is 0 Å². The maximum absolute atomic E-state index is 12.6. The van der Waals surface area contributed by atoms with E-state index in [4.69, 9.17) is 9.84 Å². The Morgan fingerprint density at radius 2 is 1.54 bits per heavy atom. The van der Waals surface area contributed by atoms with Gasteiger partial charge in [0.1, 0.15) is 5.75 Å². The minimum absolute atomic E-state index is 0.0490. The number of phenols is 1. The summed E-state index contributed by atoms with van der Waals surface area (Å²) in [5.41, 5.74) is 8.91. The van der Waals surface area contributed by atoms with Gasteiger partial charge in [-0.15, -0.1) is 0 Å². The monoisotopic (exact) mass is 724 g/mol. The molecule has 0 bridgehead atoms. The first-order chi connectivity index (χ1) is 26.4. The highest BCUT2D eigenvalue weighted by Crippen LogP contribution is 2.46. The summed E-state index contributed by atoms with van der Waals surface area (Å²) in [7, 11) is 1.93. The van der Waals surface area contributed by atoms with Crippen molar-refractivity contribution in [3.8, 4) is 5.75 Å². The van der Waals surface area contributed by atoms with Crippen LogP contribution in [0.2, 0.25) is 0 Å². The Balaban J connectivity index is 0.797. The van der Waals surface area contributed by atoms with E-state index in [1.54, 1.807) is 6.07 Å². The van der Waals surface area contributed by atoms with Crippen molar-refractivity contribution in [1.82, 2.24) is 20.0 Å². The SMILES string of the molecule is Cn1nc(C2CCC(=O)NC2=O)c2ccc(N3CCN(CC4CCN(c5ccc([C@@H]6c7ccc(O)cc7CO[C@@H]6c6ccccc6)cc5)CC4)CC3)cc21. The number of ether oxygens (including phenoxy) is 1. The first-order valence-electron chi connectivity index (χ1n) is 19.5. The molecule has 4 aliphatic rings. The summed E-state index contributed by atoms with van der Waals surface area (Å²) in [4.78, 5) is 31.9. The Morgan fingerprint density at radius 1 is 0.796 bits per heavy atom. The molecule has 2 amide bonds. The molecule has 1 unspecified atom stereocenters. The summed E-state index contributed by atoms with van der Waals surface area (Å²) in [6, 6.07) is 31.7. The molecule has 4 aliphatic heterocycles. The van der Waals surface area contributed by atoms with Crippen molar-refractivity contribution in [2.24, 2.45) is 13.0 Å². The average molecular weight is 725 g/mol. The van der Waals surface area contributed by atoms with Gasteiger partial charge in [0.2, 0.25) is 11.8 Å². The van der Waals surface area contributed by atoms with Crippen LogP contribution < -0.4 is 15.1 Å². The summed E-state index contributed by atoms with van der Waals surface area (Å²) in [5.74, 6) is 0.183. The third-order valence-electron chi connectivity index (χ3n) is 12.2. The normalized spacial score (nSPS) is 22.7. The van der Waals surface area contributed by atoms with Gasteiger partial charge in [-0.2, -0.15) is 5.10 Å². The van der Waals surface area contributed by atoms with E-state index in [0.29, 0.717) is 25.4 Å². The number of carbonyl (C=O) groups excluding carboxylic acids is 2. The van der Waals surface area contributed by atoms with Crippen molar-refractivity contribution >= 4 is 34.1 Å². The van der Waals surface area contributed by atoms with Crippen molar-refractivity contribution in [1.29, 1.82) is 0 Å². The molecule has 0 radical (unpaired) electrons. The van der Waals surface area contributed by atoms with E-state index >= 15 is 0 Å². The molecule has 278 valence electrons. The largest absolute Gasteiger partial charge is 0.508 e. The zero-order valence-corrected chi connectivity index (χ0v) is 30.9. The minimum Gasteiger partial charge on any atom is -0.508 e. The number of benzene rings is 4. The molecular weight excluding hydrogens is 677 g/mol. The number of imide groups is 1. The van der Waals surface area contributed by atoms with E-state index in [1.165, 1.54) is 40.9 Å². The van der Waals surface area contributed by atoms with Gasteiger partial charge in [0.05, 0.1) is 29.8 Å². The molecule has 3 fully saturated rings. The number of aromatic hydroxyl groups is 1. The fourth-order valence-corrected chi connectivity index (χ4v) is 9.25. The van der Waals surface area contributed by atoms with Gasteiger partial charge in [0.15, 0.2) is 0 Å². The van der Waals surface area contributed by atoms with Gasteiger partial charge in [-0.1, -0.05) is 48.5 Å². The van der Waals surface area contributed by atoms with Crippen molar-refractivity contribution < 1.29 is 19.4 Å². The number of piperazine rings is 1. The van der Waals surface area contributed by atoms with Crippen molar-refractivity contribution in [3.05, 3.63) is 119 Å². The third kappa shape index (κ3) is 6.73. The van der Waals surface area contributed by atoms with E-state index in [-0.39, 0.29) is 35.5 Å². The van der Waals surface area contributed by atoms with E-state index in [9.17, 15) is 14.7 Å². The summed E-state index contributed by atoms with van der Waals surface area (Å²) >= 11 is 0. The Kier molecular flexibility index (Phi) is 9.32. The van der Waals surface area contributed by atoms with Gasteiger partial charge >= 0.3 is 0 Å². The van der Waals surface area contributed by atoms with E-state index in [2.05, 4.69) is 92.8 Å². The summed E-state index contributed by atoms with van der Waals surface area (Å²) in [5, 5.41) is 18.4. The lowest BCUT2D eigenvalue weighted by atomic mass is 9.79. The zero-order valence-electron chi connectivity index (χ0n) is 30.9. The number of hydrogen-bond donors (Lipinski definition) is 2. The zero-order chi connectivity index (χ0) is 36.8. The second kappa shape index (κ2) is 14.6.